The molecule has 0 aromatic carbocycles. The predicted octanol–water partition coefficient (Wildman–Crippen LogP) is 2.81. The van der Waals surface area contributed by atoms with Gasteiger partial charge in [0.1, 0.15) is 0 Å². The lowest BCUT2D eigenvalue weighted by Gasteiger charge is -1.94. The van der Waals surface area contributed by atoms with Gasteiger partial charge in [0.15, 0.2) is 0 Å². The summed E-state index contributed by atoms with van der Waals surface area (Å²) in [7, 11) is 0. The third-order valence-electron chi connectivity index (χ3n) is 0.941. The average Bonchev–Trinajstić information content (AvgIpc) is 1.66. The molecule has 8 heavy (non-hydrogen) atoms. The Bertz CT molecular complexity index is 60.4. The molecule has 0 amide bonds. The maximum Gasteiger partial charge on any atom is -0.0327 e. The minimum Gasteiger partial charge on any atom is -0.0885 e. The Hall–Kier alpha value is -0.260. The monoisotopic (exact) mass is 111 g/mol. The van der Waals surface area contributed by atoms with Gasteiger partial charge in [0, 0.05) is 0 Å². The second-order valence-corrected chi connectivity index (χ2v) is 2.39. The number of hydrogen-bond donors (Lipinski definition) is 0. The van der Waals surface area contributed by atoms with Crippen LogP contribution in [-0.2, 0) is 0 Å². The highest BCUT2D eigenvalue weighted by Crippen LogP contribution is 1.99. The Labute approximate surface area is 52.6 Å². The first kappa shape index (κ1) is 7.74. The molecule has 0 unspecified atom stereocenters. The largest absolute Gasteiger partial charge is 0.0885 e. The zero-order chi connectivity index (χ0) is 6.41. The first-order valence-electron chi connectivity index (χ1n) is 3.21. The predicted molar refractivity (Wildman–Crippen MR) is 38.6 cm³/mol. The van der Waals surface area contributed by atoms with Crippen molar-refractivity contribution in [3.63, 3.8) is 0 Å². The lowest BCUT2D eigenvalue weighted by Crippen LogP contribution is -1.80. The van der Waals surface area contributed by atoms with Crippen molar-refractivity contribution in [2.45, 2.75) is 26.7 Å². The summed E-state index contributed by atoms with van der Waals surface area (Å²) in [6.07, 6.45) is 6.42. The van der Waals surface area contributed by atoms with E-state index in [1.165, 1.54) is 6.42 Å². The van der Waals surface area contributed by atoms with Crippen LogP contribution in [-0.4, -0.2) is 0 Å². The van der Waals surface area contributed by atoms with Crippen LogP contribution in [0.4, 0.5) is 0 Å². The normalized spacial score (nSPS) is 11.5. The van der Waals surface area contributed by atoms with Gasteiger partial charge < -0.3 is 0 Å². The maximum absolute atomic E-state index is 3.70. The van der Waals surface area contributed by atoms with Crippen molar-refractivity contribution < 1.29 is 0 Å². The molecule has 0 aliphatic heterocycles. The Morgan fingerprint density at radius 2 is 2.00 bits per heavy atom. The zero-order valence-corrected chi connectivity index (χ0v) is 5.85. The van der Waals surface area contributed by atoms with Crippen molar-refractivity contribution in [2.24, 2.45) is 5.92 Å². The molecule has 0 fully saturated rings. The fraction of sp³-hybridized carbons (Fsp3) is 0.625. The van der Waals surface area contributed by atoms with E-state index in [0.717, 1.165) is 12.3 Å². The molecule has 47 valence electrons. The van der Waals surface area contributed by atoms with Crippen molar-refractivity contribution >= 4 is 0 Å². The zero-order valence-electron chi connectivity index (χ0n) is 5.85. The Morgan fingerprint density at radius 1 is 1.38 bits per heavy atom. The molecular weight excluding hydrogens is 96.1 g/mol. The van der Waals surface area contributed by atoms with Crippen LogP contribution in [0, 0.1) is 12.8 Å². The summed E-state index contributed by atoms with van der Waals surface area (Å²) in [6.45, 7) is 8.13. The van der Waals surface area contributed by atoms with Gasteiger partial charge in [0.05, 0.1) is 0 Å². The fourth-order valence-corrected chi connectivity index (χ4v) is 0.486. The van der Waals surface area contributed by atoms with Crippen LogP contribution in [0.15, 0.2) is 12.2 Å². The minimum absolute atomic E-state index is 0.790. The molecule has 0 aromatic rings. The second-order valence-electron chi connectivity index (χ2n) is 2.39. The highest BCUT2D eigenvalue weighted by Gasteiger charge is 1.84. The van der Waals surface area contributed by atoms with Crippen LogP contribution in [0.1, 0.15) is 26.7 Å². The van der Waals surface area contributed by atoms with Crippen molar-refractivity contribution in [2.75, 3.05) is 0 Å². The van der Waals surface area contributed by atoms with Crippen LogP contribution < -0.4 is 0 Å². The Balaban J connectivity index is 3.03. The summed E-state index contributed by atoms with van der Waals surface area (Å²) in [5.74, 6) is 0.790. The summed E-state index contributed by atoms with van der Waals surface area (Å²) in [5.41, 5.74) is 0. The third-order valence-corrected chi connectivity index (χ3v) is 0.941. The van der Waals surface area contributed by atoms with E-state index in [4.69, 9.17) is 0 Å². The first-order chi connectivity index (χ1) is 3.77. The average molecular weight is 111 g/mol. The molecule has 0 saturated heterocycles. The quantitative estimate of drug-likeness (QED) is 0.491. The van der Waals surface area contributed by atoms with Crippen LogP contribution in [0.2, 0.25) is 0 Å². The van der Waals surface area contributed by atoms with E-state index >= 15 is 0 Å². The summed E-state index contributed by atoms with van der Waals surface area (Å²) >= 11 is 0. The highest BCUT2D eigenvalue weighted by atomic mass is 13.9. The van der Waals surface area contributed by atoms with Gasteiger partial charge in [-0.15, -0.1) is 0 Å². The Kier molecular flexibility index (Phi) is 4.73. The summed E-state index contributed by atoms with van der Waals surface area (Å²) in [4.78, 5) is 0. The smallest absolute Gasteiger partial charge is 0.0327 e. The van der Waals surface area contributed by atoms with E-state index in [0.29, 0.717) is 0 Å². The molecule has 0 nitrogen and oxygen atoms in total. The molecule has 0 heteroatoms. The molecule has 0 rings (SSSR count). The summed E-state index contributed by atoms with van der Waals surface area (Å²) < 4.78 is 0. The maximum atomic E-state index is 3.70. The Morgan fingerprint density at radius 3 is 2.38 bits per heavy atom. The van der Waals surface area contributed by atoms with E-state index < -0.39 is 0 Å². The van der Waals surface area contributed by atoms with Crippen LogP contribution in [0.25, 0.3) is 0 Å². The van der Waals surface area contributed by atoms with Gasteiger partial charge >= 0.3 is 0 Å². The number of rotatable bonds is 3. The molecule has 0 bridgehead atoms. The van der Waals surface area contributed by atoms with Gasteiger partial charge in [-0.3, -0.25) is 0 Å². The van der Waals surface area contributed by atoms with Crippen LogP contribution >= 0.6 is 0 Å². The van der Waals surface area contributed by atoms with Gasteiger partial charge in [-0.2, -0.15) is 0 Å². The topological polar surface area (TPSA) is 0 Å². The number of hydrogen-bond acceptors (Lipinski definition) is 0. The van der Waals surface area contributed by atoms with E-state index in [-0.39, 0.29) is 0 Å². The molecule has 0 aliphatic rings. The van der Waals surface area contributed by atoms with E-state index in [2.05, 4.69) is 32.9 Å². The molecular formula is C8H15. The third kappa shape index (κ3) is 5.74. The van der Waals surface area contributed by atoms with Gasteiger partial charge in [0.2, 0.25) is 0 Å². The summed E-state index contributed by atoms with van der Waals surface area (Å²) in [5, 5.41) is 0. The first-order valence-corrected chi connectivity index (χ1v) is 3.21. The van der Waals surface area contributed by atoms with Crippen LogP contribution in [0.3, 0.4) is 0 Å². The molecule has 0 saturated carbocycles. The molecule has 0 heterocycles. The van der Waals surface area contributed by atoms with Crippen molar-refractivity contribution in [1.82, 2.24) is 0 Å². The van der Waals surface area contributed by atoms with E-state index in [1.54, 1.807) is 0 Å². The molecule has 1 radical (unpaired) electrons. The van der Waals surface area contributed by atoms with Crippen molar-refractivity contribution in [3.8, 4) is 0 Å². The fourth-order valence-electron chi connectivity index (χ4n) is 0.486. The van der Waals surface area contributed by atoms with Crippen molar-refractivity contribution in [3.05, 3.63) is 19.1 Å². The highest BCUT2D eigenvalue weighted by molar-refractivity contribution is 4.82. The van der Waals surface area contributed by atoms with Gasteiger partial charge in [-0.1, -0.05) is 26.0 Å². The van der Waals surface area contributed by atoms with Crippen LogP contribution in [0.5, 0.6) is 0 Å². The van der Waals surface area contributed by atoms with E-state index in [9.17, 15) is 0 Å². The standard InChI is InChI=1S/C8H15/c1-4-5-6-7-8(2)3/h5-6,8H,1,4,7H2,2-3H3. The SMILES string of the molecule is [CH2]CC=CCC(C)C. The van der Waals surface area contributed by atoms with Crippen molar-refractivity contribution in [1.29, 1.82) is 0 Å². The number of allylic oxidation sites excluding steroid dienone is 2. The van der Waals surface area contributed by atoms with Gasteiger partial charge in [-0.05, 0) is 25.7 Å². The minimum atomic E-state index is 0.790. The molecule has 0 atom stereocenters. The molecule has 0 spiro atoms. The molecule has 0 N–H and O–H groups in total. The molecule has 0 aliphatic carbocycles. The van der Waals surface area contributed by atoms with Gasteiger partial charge in [0.25, 0.3) is 0 Å². The lowest BCUT2D eigenvalue weighted by atomic mass is 10.1. The van der Waals surface area contributed by atoms with Gasteiger partial charge in [-0.25, -0.2) is 0 Å². The summed E-state index contributed by atoms with van der Waals surface area (Å²) in [6, 6.07) is 0. The van der Waals surface area contributed by atoms with E-state index in [1.807, 2.05) is 0 Å². The lowest BCUT2D eigenvalue weighted by molar-refractivity contribution is 0.663. The second kappa shape index (κ2) is 4.89. The molecule has 0 aromatic heterocycles.